The molecule has 0 saturated heterocycles. The van der Waals surface area contributed by atoms with Gasteiger partial charge in [-0.1, -0.05) is 56.0 Å². The molecule has 1 heterocycles. The minimum absolute atomic E-state index is 0.0519. The standard InChI is InChI=1S/C18H23N3O/c22-18(13-16-10-11-19-21-16)20-17(12-14-6-4-5-7-14)15-8-2-1-3-9-15/h1-3,8-11,14,17H,4-7,12-13H2,(H,19,21)(H,20,22). The maximum atomic E-state index is 12.3. The van der Waals surface area contributed by atoms with Gasteiger partial charge in [-0.05, 0) is 24.0 Å². The summed E-state index contributed by atoms with van der Waals surface area (Å²) in [5, 5.41) is 9.95. The zero-order chi connectivity index (χ0) is 15.2. The number of aromatic amines is 1. The second kappa shape index (κ2) is 7.25. The predicted octanol–water partition coefficient (Wildman–Crippen LogP) is 3.39. The highest BCUT2D eigenvalue weighted by Gasteiger charge is 2.22. The monoisotopic (exact) mass is 297 g/mol. The Kier molecular flexibility index (Phi) is 4.88. The van der Waals surface area contributed by atoms with E-state index < -0.39 is 0 Å². The van der Waals surface area contributed by atoms with Crippen LogP contribution in [-0.4, -0.2) is 16.1 Å². The fourth-order valence-corrected chi connectivity index (χ4v) is 3.34. The molecule has 0 spiro atoms. The van der Waals surface area contributed by atoms with Crippen molar-refractivity contribution >= 4 is 5.91 Å². The number of amides is 1. The van der Waals surface area contributed by atoms with E-state index in [1.54, 1.807) is 6.20 Å². The van der Waals surface area contributed by atoms with Gasteiger partial charge in [-0.2, -0.15) is 5.10 Å². The Bertz CT molecular complexity index is 574. The van der Waals surface area contributed by atoms with Gasteiger partial charge in [-0.15, -0.1) is 0 Å². The number of rotatable bonds is 6. The number of hydrogen-bond acceptors (Lipinski definition) is 2. The third kappa shape index (κ3) is 3.97. The van der Waals surface area contributed by atoms with Crippen molar-refractivity contribution < 1.29 is 4.79 Å². The van der Waals surface area contributed by atoms with Gasteiger partial charge in [-0.25, -0.2) is 0 Å². The van der Waals surface area contributed by atoms with Crippen LogP contribution in [0.25, 0.3) is 0 Å². The number of aromatic nitrogens is 2. The molecule has 4 heteroatoms. The predicted molar refractivity (Wildman–Crippen MR) is 86.2 cm³/mol. The van der Waals surface area contributed by atoms with Crippen molar-refractivity contribution in [3.63, 3.8) is 0 Å². The number of hydrogen-bond donors (Lipinski definition) is 2. The largest absolute Gasteiger partial charge is 0.349 e. The Hall–Kier alpha value is -2.10. The number of nitrogens with zero attached hydrogens (tertiary/aromatic N) is 1. The highest BCUT2D eigenvalue weighted by atomic mass is 16.1. The number of benzene rings is 1. The van der Waals surface area contributed by atoms with Gasteiger partial charge in [0.05, 0.1) is 12.5 Å². The first kappa shape index (κ1) is 14.8. The van der Waals surface area contributed by atoms with Crippen LogP contribution in [0.4, 0.5) is 0 Å². The highest BCUT2D eigenvalue weighted by Crippen LogP contribution is 2.33. The minimum Gasteiger partial charge on any atom is -0.349 e. The molecule has 3 rings (SSSR count). The van der Waals surface area contributed by atoms with E-state index in [1.165, 1.54) is 31.2 Å². The number of carbonyl (C=O) groups is 1. The lowest BCUT2D eigenvalue weighted by Gasteiger charge is -2.22. The van der Waals surface area contributed by atoms with Crippen LogP contribution in [-0.2, 0) is 11.2 Å². The van der Waals surface area contributed by atoms with Crippen molar-refractivity contribution in [1.29, 1.82) is 0 Å². The second-order valence-electron chi connectivity index (χ2n) is 6.18. The van der Waals surface area contributed by atoms with Crippen molar-refractivity contribution in [3.05, 3.63) is 53.9 Å². The molecule has 22 heavy (non-hydrogen) atoms. The van der Waals surface area contributed by atoms with Crippen LogP contribution in [0.15, 0.2) is 42.6 Å². The molecule has 116 valence electrons. The van der Waals surface area contributed by atoms with Gasteiger partial charge >= 0.3 is 0 Å². The molecular formula is C18H23N3O. The van der Waals surface area contributed by atoms with Gasteiger partial charge in [0.1, 0.15) is 0 Å². The van der Waals surface area contributed by atoms with Crippen LogP contribution in [0, 0.1) is 5.92 Å². The molecule has 1 atom stereocenters. The first-order valence-corrected chi connectivity index (χ1v) is 8.14. The van der Waals surface area contributed by atoms with Gasteiger partial charge in [0.2, 0.25) is 5.91 Å². The van der Waals surface area contributed by atoms with Gasteiger partial charge in [-0.3, -0.25) is 9.89 Å². The Morgan fingerprint density at radius 1 is 1.23 bits per heavy atom. The molecule has 1 aliphatic carbocycles. The lowest BCUT2D eigenvalue weighted by molar-refractivity contribution is -0.121. The topological polar surface area (TPSA) is 57.8 Å². The van der Waals surface area contributed by atoms with Crippen molar-refractivity contribution in [2.45, 2.75) is 44.6 Å². The Labute approximate surface area is 131 Å². The number of carbonyl (C=O) groups excluding carboxylic acids is 1. The fraction of sp³-hybridized carbons (Fsp3) is 0.444. The average molecular weight is 297 g/mol. The maximum Gasteiger partial charge on any atom is 0.226 e. The molecule has 1 unspecified atom stereocenters. The van der Waals surface area contributed by atoms with Crippen LogP contribution in [0.1, 0.15) is 49.4 Å². The lowest BCUT2D eigenvalue weighted by atomic mass is 9.93. The fourth-order valence-electron chi connectivity index (χ4n) is 3.34. The molecule has 1 amide bonds. The van der Waals surface area contributed by atoms with Crippen molar-refractivity contribution in [1.82, 2.24) is 15.5 Å². The minimum atomic E-state index is 0.0519. The van der Waals surface area contributed by atoms with Crippen LogP contribution in [0.5, 0.6) is 0 Å². The summed E-state index contributed by atoms with van der Waals surface area (Å²) in [7, 11) is 0. The summed E-state index contributed by atoms with van der Waals surface area (Å²) in [6.07, 6.45) is 8.31. The van der Waals surface area contributed by atoms with Gasteiger partial charge in [0.25, 0.3) is 0 Å². The first-order chi connectivity index (χ1) is 10.8. The van der Waals surface area contributed by atoms with Gasteiger partial charge < -0.3 is 5.32 Å². The summed E-state index contributed by atoms with van der Waals surface area (Å²) in [6, 6.07) is 12.3. The van der Waals surface area contributed by atoms with Gasteiger partial charge in [0.15, 0.2) is 0 Å². The highest BCUT2D eigenvalue weighted by molar-refractivity contribution is 5.78. The smallest absolute Gasteiger partial charge is 0.226 e. The summed E-state index contributed by atoms with van der Waals surface area (Å²) in [6.45, 7) is 0. The van der Waals surface area contributed by atoms with E-state index in [2.05, 4.69) is 27.6 Å². The average Bonchev–Trinajstić information content (AvgIpc) is 3.21. The van der Waals surface area contributed by atoms with Gasteiger partial charge in [0, 0.05) is 11.9 Å². The molecule has 0 bridgehead atoms. The second-order valence-corrected chi connectivity index (χ2v) is 6.18. The summed E-state index contributed by atoms with van der Waals surface area (Å²) in [4.78, 5) is 12.3. The SMILES string of the molecule is O=C(Cc1ccn[nH]1)NC(CC1CCCC1)c1ccccc1. The molecule has 0 radical (unpaired) electrons. The van der Waals surface area contributed by atoms with E-state index in [0.717, 1.165) is 18.0 Å². The van der Waals surface area contributed by atoms with Crippen LogP contribution in [0.2, 0.25) is 0 Å². The summed E-state index contributed by atoms with van der Waals surface area (Å²) in [5.41, 5.74) is 2.05. The van der Waals surface area contributed by atoms with Crippen molar-refractivity contribution in [2.75, 3.05) is 0 Å². The van der Waals surface area contributed by atoms with E-state index in [4.69, 9.17) is 0 Å². The molecule has 1 aromatic carbocycles. The summed E-state index contributed by atoms with van der Waals surface area (Å²) >= 11 is 0. The molecule has 2 aromatic rings. The Balaban J connectivity index is 1.66. The van der Waals surface area contributed by atoms with Crippen molar-refractivity contribution in [3.8, 4) is 0 Å². The van der Waals surface area contributed by atoms with E-state index >= 15 is 0 Å². The Morgan fingerprint density at radius 3 is 2.68 bits per heavy atom. The molecule has 1 saturated carbocycles. The van der Waals surface area contributed by atoms with Crippen LogP contribution in [0.3, 0.4) is 0 Å². The van der Waals surface area contributed by atoms with E-state index in [1.807, 2.05) is 24.3 Å². The quantitative estimate of drug-likeness (QED) is 0.858. The van der Waals surface area contributed by atoms with E-state index in [9.17, 15) is 4.79 Å². The zero-order valence-electron chi connectivity index (χ0n) is 12.8. The molecule has 1 fully saturated rings. The van der Waals surface area contributed by atoms with Crippen LogP contribution < -0.4 is 5.32 Å². The number of H-pyrrole nitrogens is 1. The summed E-state index contributed by atoms with van der Waals surface area (Å²) < 4.78 is 0. The normalized spacial score (nSPS) is 16.5. The van der Waals surface area contributed by atoms with E-state index in [0.29, 0.717) is 6.42 Å². The lowest BCUT2D eigenvalue weighted by Crippen LogP contribution is -2.31. The Morgan fingerprint density at radius 2 is 2.00 bits per heavy atom. The first-order valence-electron chi connectivity index (χ1n) is 8.14. The molecular weight excluding hydrogens is 274 g/mol. The van der Waals surface area contributed by atoms with E-state index in [-0.39, 0.29) is 11.9 Å². The summed E-state index contributed by atoms with van der Waals surface area (Å²) in [5.74, 6) is 0.786. The molecule has 0 aliphatic heterocycles. The maximum absolute atomic E-state index is 12.3. The zero-order valence-corrected chi connectivity index (χ0v) is 12.8. The molecule has 4 nitrogen and oxygen atoms in total. The van der Waals surface area contributed by atoms with Crippen LogP contribution >= 0.6 is 0 Å². The number of nitrogens with one attached hydrogen (secondary N) is 2. The van der Waals surface area contributed by atoms with Crippen molar-refractivity contribution in [2.24, 2.45) is 5.92 Å². The third-order valence-corrected chi connectivity index (χ3v) is 4.49. The third-order valence-electron chi connectivity index (χ3n) is 4.49. The molecule has 2 N–H and O–H groups in total. The molecule has 1 aromatic heterocycles. The molecule has 1 aliphatic rings.